The third-order valence-corrected chi connectivity index (χ3v) is 4.78. The van der Waals surface area contributed by atoms with Crippen LogP contribution in [-0.2, 0) is 6.54 Å². The zero-order chi connectivity index (χ0) is 22.2. The molecule has 2 heterocycles. The Balaban J connectivity index is 1.72. The Morgan fingerprint density at radius 1 is 1.16 bits per heavy atom. The van der Waals surface area contributed by atoms with Gasteiger partial charge in [0.25, 0.3) is 5.91 Å². The number of carbonyl (C=O) groups is 2. The number of aromatic nitrogens is 2. The number of nitrogens with two attached hydrogens (primary N) is 2. The third-order valence-electron chi connectivity index (χ3n) is 4.78. The SMILES string of the molecule is CCN(CCOc1ccccc1-c1cc(C(N)=O)c(NC(N)=O)[nH]1)Cc1ccncc1. The van der Waals surface area contributed by atoms with Gasteiger partial charge in [0.1, 0.15) is 18.2 Å². The van der Waals surface area contributed by atoms with Crippen molar-refractivity contribution in [3.8, 4) is 17.0 Å². The van der Waals surface area contributed by atoms with E-state index in [1.165, 1.54) is 5.56 Å². The number of hydrogen-bond donors (Lipinski definition) is 4. The number of urea groups is 1. The first-order chi connectivity index (χ1) is 15.0. The number of aromatic amines is 1. The lowest BCUT2D eigenvalue weighted by Gasteiger charge is -2.21. The lowest BCUT2D eigenvalue weighted by molar-refractivity contribution is 0.100. The summed E-state index contributed by atoms with van der Waals surface area (Å²) in [6.45, 7) is 5.01. The zero-order valence-corrected chi connectivity index (χ0v) is 17.3. The fourth-order valence-corrected chi connectivity index (χ4v) is 3.21. The summed E-state index contributed by atoms with van der Waals surface area (Å²) in [5, 5.41) is 2.38. The molecule has 0 aliphatic heterocycles. The first-order valence-electron chi connectivity index (χ1n) is 9.90. The number of anilines is 1. The highest BCUT2D eigenvalue weighted by atomic mass is 16.5. The molecule has 3 rings (SSSR count). The van der Waals surface area contributed by atoms with Crippen molar-refractivity contribution in [2.75, 3.05) is 25.0 Å². The summed E-state index contributed by atoms with van der Waals surface area (Å²) in [5.41, 5.74) is 13.2. The largest absolute Gasteiger partial charge is 0.492 e. The van der Waals surface area contributed by atoms with Crippen molar-refractivity contribution in [3.05, 3.63) is 66.0 Å². The van der Waals surface area contributed by atoms with Gasteiger partial charge in [-0.1, -0.05) is 19.1 Å². The molecular formula is C22H26N6O3. The quantitative estimate of drug-likeness (QED) is 0.398. The second-order valence-electron chi connectivity index (χ2n) is 6.89. The van der Waals surface area contributed by atoms with Crippen LogP contribution >= 0.6 is 0 Å². The molecule has 6 N–H and O–H groups in total. The number of pyridine rings is 1. The minimum absolute atomic E-state index is 0.137. The molecule has 0 aliphatic rings. The fraction of sp³-hybridized carbons (Fsp3) is 0.227. The number of amides is 3. The van der Waals surface area contributed by atoms with Crippen molar-refractivity contribution in [2.24, 2.45) is 11.5 Å². The van der Waals surface area contributed by atoms with E-state index < -0.39 is 11.9 Å². The van der Waals surface area contributed by atoms with Gasteiger partial charge >= 0.3 is 6.03 Å². The minimum atomic E-state index is -0.797. The maximum Gasteiger partial charge on any atom is 0.317 e. The highest BCUT2D eigenvalue weighted by Gasteiger charge is 2.17. The molecule has 0 spiro atoms. The number of benzene rings is 1. The van der Waals surface area contributed by atoms with Crippen LogP contribution in [0.25, 0.3) is 11.3 Å². The first kappa shape index (κ1) is 21.8. The van der Waals surface area contributed by atoms with E-state index in [0.717, 1.165) is 25.2 Å². The molecule has 9 heteroatoms. The van der Waals surface area contributed by atoms with Crippen LogP contribution in [0.1, 0.15) is 22.8 Å². The van der Waals surface area contributed by atoms with Gasteiger partial charge in [0.15, 0.2) is 0 Å². The molecule has 0 radical (unpaired) electrons. The van der Waals surface area contributed by atoms with E-state index in [9.17, 15) is 9.59 Å². The van der Waals surface area contributed by atoms with Gasteiger partial charge in [-0.15, -0.1) is 0 Å². The van der Waals surface area contributed by atoms with Crippen molar-refractivity contribution in [1.82, 2.24) is 14.9 Å². The summed E-state index contributed by atoms with van der Waals surface area (Å²) in [5.74, 6) is 0.115. The summed E-state index contributed by atoms with van der Waals surface area (Å²) < 4.78 is 6.05. The summed E-state index contributed by atoms with van der Waals surface area (Å²) in [6.07, 6.45) is 3.57. The monoisotopic (exact) mass is 422 g/mol. The predicted octanol–water partition coefficient (Wildman–Crippen LogP) is 2.57. The van der Waals surface area contributed by atoms with Crippen LogP contribution in [0.3, 0.4) is 0 Å². The van der Waals surface area contributed by atoms with E-state index in [-0.39, 0.29) is 11.4 Å². The Kier molecular flexibility index (Phi) is 7.23. The van der Waals surface area contributed by atoms with Crippen LogP contribution in [0.2, 0.25) is 0 Å². The smallest absolute Gasteiger partial charge is 0.317 e. The van der Waals surface area contributed by atoms with E-state index in [0.29, 0.717) is 18.1 Å². The standard InChI is InChI=1S/C22H26N6O3/c1-2-28(14-15-7-9-25-10-8-15)11-12-31-19-6-4-3-5-16(19)18-13-17(20(23)29)21(26-18)27-22(24)30/h3-10,13,26H,2,11-12,14H2,1H3,(H2,23,29)(H3,24,27,30). The number of likely N-dealkylation sites (N-methyl/N-ethyl adjacent to an activating group) is 1. The lowest BCUT2D eigenvalue weighted by Crippen LogP contribution is -2.28. The van der Waals surface area contributed by atoms with Gasteiger partial charge in [-0.05, 0) is 42.4 Å². The van der Waals surface area contributed by atoms with Crippen LogP contribution in [0.4, 0.5) is 10.6 Å². The van der Waals surface area contributed by atoms with Gasteiger partial charge in [-0.25, -0.2) is 4.79 Å². The van der Waals surface area contributed by atoms with Crippen molar-refractivity contribution in [1.29, 1.82) is 0 Å². The topological polar surface area (TPSA) is 139 Å². The Hall–Kier alpha value is -3.85. The number of ether oxygens (including phenoxy) is 1. The molecule has 1 aromatic carbocycles. The second kappa shape index (κ2) is 10.3. The van der Waals surface area contributed by atoms with Crippen molar-refractivity contribution < 1.29 is 14.3 Å². The van der Waals surface area contributed by atoms with Gasteiger partial charge in [0.05, 0.1) is 11.3 Å². The minimum Gasteiger partial charge on any atom is -0.492 e. The Morgan fingerprint density at radius 3 is 2.58 bits per heavy atom. The van der Waals surface area contributed by atoms with Crippen molar-refractivity contribution >= 4 is 17.8 Å². The van der Waals surface area contributed by atoms with Crippen LogP contribution in [-0.4, -0.2) is 46.5 Å². The Morgan fingerprint density at radius 2 is 1.90 bits per heavy atom. The number of H-pyrrole nitrogens is 1. The van der Waals surface area contributed by atoms with Crippen LogP contribution in [0.5, 0.6) is 5.75 Å². The molecule has 0 fully saturated rings. The van der Waals surface area contributed by atoms with E-state index in [1.54, 1.807) is 18.5 Å². The number of hydrogen-bond acceptors (Lipinski definition) is 5. The van der Waals surface area contributed by atoms with E-state index in [4.69, 9.17) is 16.2 Å². The van der Waals surface area contributed by atoms with Crippen LogP contribution in [0.15, 0.2) is 54.9 Å². The van der Waals surface area contributed by atoms with Gasteiger partial charge in [0, 0.05) is 31.0 Å². The number of rotatable bonds is 10. The average Bonchev–Trinajstić information content (AvgIpc) is 3.17. The number of primary amides is 2. The van der Waals surface area contributed by atoms with Crippen molar-refractivity contribution in [2.45, 2.75) is 13.5 Å². The number of carbonyl (C=O) groups excluding carboxylic acids is 2. The summed E-state index contributed by atoms with van der Waals surface area (Å²) >= 11 is 0. The number of para-hydroxylation sites is 1. The predicted molar refractivity (Wildman–Crippen MR) is 119 cm³/mol. The van der Waals surface area contributed by atoms with Gasteiger partial charge in [-0.3, -0.25) is 20.0 Å². The fourth-order valence-electron chi connectivity index (χ4n) is 3.21. The molecule has 0 aliphatic carbocycles. The zero-order valence-electron chi connectivity index (χ0n) is 17.3. The molecule has 162 valence electrons. The van der Waals surface area contributed by atoms with E-state index in [2.05, 4.69) is 27.1 Å². The maximum atomic E-state index is 11.7. The van der Waals surface area contributed by atoms with Gasteiger partial charge < -0.3 is 21.2 Å². The maximum absolute atomic E-state index is 11.7. The molecular weight excluding hydrogens is 396 g/mol. The highest BCUT2D eigenvalue weighted by molar-refractivity contribution is 6.03. The summed E-state index contributed by atoms with van der Waals surface area (Å²) in [6, 6.07) is 12.2. The third kappa shape index (κ3) is 5.83. The van der Waals surface area contributed by atoms with Crippen LogP contribution < -0.4 is 21.5 Å². The van der Waals surface area contributed by atoms with Gasteiger partial charge in [0.2, 0.25) is 0 Å². The highest BCUT2D eigenvalue weighted by Crippen LogP contribution is 2.32. The second-order valence-corrected chi connectivity index (χ2v) is 6.89. The average molecular weight is 422 g/mol. The number of nitrogens with zero attached hydrogens (tertiary/aromatic N) is 2. The van der Waals surface area contributed by atoms with Gasteiger partial charge in [-0.2, -0.15) is 0 Å². The van der Waals surface area contributed by atoms with Crippen molar-refractivity contribution in [3.63, 3.8) is 0 Å². The molecule has 9 nitrogen and oxygen atoms in total. The van der Waals surface area contributed by atoms with E-state index >= 15 is 0 Å². The summed E-state index contributed by atoms with van der Waals surface area (Å²) in [4.78, 5) is 32.3. The Bertz CT molecular complexity index is 1030. The van der Waals surface area contributed by atoms with E-state index in [1.807, 2.05) is 36.4 Å². The molecule has 0 bridgehead atoms. The van der Waals surface area contributed by atoms with Crippen LogP contribution in [0, 0.1) is 0 Å². The molecule has 31 heavy (non-hydrogen) atoms. The normalized spacial score (nSPS) is 10.8. The number of nitrogens with one attached hydrogen (secondary N) is 2. The molecule has 2 aromatic heterocycles. The molecule has 3 amide bonds. The molecule has 0 atom stereocenters. The molecule has 0 unspecified atom stereocenters. The molecule has 0 saturated carbocycles. The first-order valence-corrected chi connectivity index (χ1v) is 9.90. The molecule has 0 saturated heterocycles. The molecule has 3 aromatic rings. The summed E-state index contributed by atoms with van der Waals surface area (Å²) in [7, 11) is 0. The lowest BCUT2D eigenvalue weighted by atomic mass is 10.1. The Labute approximate surface area is 180 Å².